The molecule has 1 aliphatic heterocycles. The van der Waals surface area contributed by atoms with Crippen LogP contribution in [0.25, 0.3) is 11.0 Å². The van der Waals surface area contributed by atoms with Gasteiger partial charge in [0, 0.05) is 27.8 Å². The molecule has 3 heterocycles. The van der Waals surface area contributed by atoms with Crippen LogP contribution in [0.2, 0.25) is 0 Å². The minimum atomic E-state index is -0.936. The van der Waals surface area contributed by atoms with Crippen molar-refractivity contribution in [2.75, 3.05) is 11.4 Å². The highest BCUT2D eigenvalue weighted by Crippen LogP contribution is 2.37. The number of aryl methyl sites for hydroxylation is 1. The average molecular weight is 466 g/mol. The normalized spacial score (nSPS) is 15.4. The number of carbonyl (C=O) groups excluding carboxylic acids is 2. The fourth-order valence-corrected chi connectivity index (χ4v) is 5.52. The number of amides is 2. The van der Waals surface area contributed by atoms with Crippen LogP contribution in [0.4, 0.5) is 5.69 Å². The van der Waals surface area contributed by atoms with Crippen molar-refractivity contribution in [2.24, 2.45) is 5.73 Å². The summed E-state index contributed by atoms with van der Waals surface area (Å²) in [4.78, 5) is 31.6. The van der Waals surface area contributed by atoms with Gasteiger partial charge in [-0.05, 0) is 25.1 Å². The first-order chi connectivity index (χ1) is 15.5. The van der Waals surface area contributed by atoms with E-state index in [1.54, 1.807) is 41.3 Å². The summed E-state index contributed by atoms with van der Waals surface area (Å²) in [6.45, 7) is 1.97. The van der Waals surface area contributed by atoms with Gasteiger partial charge >= 0.3 is 0 Å². The summed E-state index contributed by atoms with van der Waals surface area (Å²) in [7, 11) is 0. The van der Waals surface area contributed by atoms with Crippen LogP contribution in [-0.4, -0.2) is 29.4 Å². The Morgan fingerprint density at radius 3 is 2.78 bits per heavy atom. The Bertz CT molecular complexity index is 1330. The summed E-state index contributed by atoms with van der Waals surface area (Å²) in [5.74, 6) is 0.232. The van der Waals surface area contributed by atoms with E-state index < -0.39 is 12.0 Å². The fraction of sp³-hybridized carbons (Fsp3) is 0.174. The summed E-state index contributed by atoms with van der Waals surface area (Å²) in [6, 6.07) is 14.7. The Morgan fingerprint density at radius 1 is 1.22 bits per heavy atom. The van der Waals surface area contributed by atoms with E-state index in [2.05, 4.69) is 4.98 Å². The van der Waals surface area contributed by atoms with Gasteiger partial charge in [-0.2, -0.15) is 0 Å². The van der Waals surface area contributed by atoms with Crippen molar-refractivity contribution < 1.29 is 18.7 Å². The Kier molecular flexibility index (Phi) is 5.36. The molecule has 0 fully saturated rings. The number of para-hydroxylation sites is 3. The van der Waals surface area contributed by atoms with E-state index >= 15 is 0 Å². The number of furan rings is 1. The Balaban J connectivity index is 1.55. The molecule has 0 bridgehead atoms. The summed E-state index contributed by atoms with van der Waals surface area (Å²) in [6.07, 6.45) is -0.936. The quantitative estimate of drug-likeness (QED) is 0.439. The molecule has 1 atom stereocenters. The van der Waals surface area contributed by atoms with Crippen LogP contribution >= 0.6 is 23.1 Å². The maximum Gasteiger partial charge on any atom is 0.294 e. The molecular weight excluding hydrogens is 446 g/mol. The Morgan fingerprint density at radius 2 is 2.00 bits per heavy atom. The minimum Gasteiger partial charge on any atom is -0.477 e. The number of primary amides is 1. The fourth-order valence-electron chi connectivity index (χ4n) is 3.64. The Hall–Kier alpha value is -3.30. The summed E-state index contributed by atoms with van der Waals surface area (Å²) in [5.41, 5.74) is 8.46. The number of rotatable bonds is 5. The number of aromatic nitrogens is 1. The third kappa shape index (κ3) is 3.74. The molecule has 0 spiro atoms. The van der Waals surface area contributed by atoms with Gasteiger partial charge in [0.1, 0.15) is 15.7 Å². The van der Waals surface area contributed by atoms with Crippen molar-refractivity contribution in [3.63, 3.8) is 0 Å². The number of fused-ring (bicyclic) bond motifs is 2. The zero-order valence-corrected chi connectivity index (χ0v) is 18.7. The smallest absolute Gasteiger partial charge is 0.294 e. The second-order valence-corrected chi connectivity index (χ2v) is 9.42. The third-order valence-electron chi connectivity index (χ3n) is 5.17. The molecule has 2 amide bonds. The van der Waals surface area contributed by atoms with Gasteiger partial charge in [-0.3, -0.25) is 14.5 Å². The highest BCUT2D eigenvalue weighted by molar-refractivity contribution is 8.00. The topological polar surface area (TPSA) is 98.7 Å². The molecule has 0 radical (unpaired) electrons. The van der Waals surface area contributed by atoms with Crippen LogP contribution in [-0.2, 0) is 10.5 Å². The second-order valence-electron chi connectivity index (χ2n) is 7.34. The summed E-state index contributed by atoms with van der Waals surface area (Å²) in [5, 5.41) is 2.88. The first kappa shape index (κ1) is 20.6. The molecule has 2 aromatic heterocycles. The largest absolute Gasteiger partial charge is 0.477 e. The van der Waals surface area contributed by atoms with Gasteiger partial charge in [-0.25, -0.2) is 4.98 Å². The zero-order chi connectivity index (χ0) is 22.2. The van der Waals surface area contributed by atoms with Crippen LogP contribution in [0.5, 0.6) is 5.75 Å². The van der Waals surface area contributed by atoms with E-state index in [0.717, 1.165) is 21.0 Å². The first-order valence-corrected chi connectivity index (χ1v) is 11.8. The lowest BCUT2D eigenvalue weighted by atomic mass is 10.1. The first-order valence-electron chi connectivity index (χ1n) is 9.93. The van der Waals surface area contributed by atoms with Crippen molar-refractivity contribution in [3.8, 4) is 5.75 Å². The number of hydrogen-bond acceptors (Lipinski definition) is 7. The lowest BCUT2D eigenvalue weighted by Gasteiger charge is -2.33. The number of nitrogens with zero attached hydrogens (tertiary/aromatic N) is 2. The predicted octanol–water partition coefficient (Wildman–Crippen LogP) is 4.38. The van der Waals surface area contributed by atoms with Gasteiger partial charge in [0.2, 0.25) is 0 Å². The van der Waals surface area contributed by atoms with E-state index in [-0.39, 0.29) is 18.2 Å². The van der Waals surface area contributed by atoms with Crippen molar-refractivity contribution in [1.29, 1.82) is 0 Å². The van der Waals surface area contributed by atoms with Crippen molar-refractivity contribution in [2.45, 2.75) is 23.1 Å². The molecule has 0 saturated carbocycles. The van der Waals surface area contributed by atoms with Crippen LogP contribution in [0.3, 0.4) is 0 Å². The Labute approximate surface area is 192 Å². The van der Waals surface area contributed by atoms with E-state index in [9.17, 15) is 9.59 Å². The minimum absolute atomic E-state index is 0.0144. The third-order valence-corrected chi connectivity index (χ3v) is 7.33. The molecule has 0 saturated heterocycles. The number of ether oxygens (including phenoxy) is 1. The zero-order valence-electron chi connectivity index (χ0n) is 17.1. The lowest BCUT2D eigenvalue weighted by molar-refractivity contribution is -0.124. The summed E-state index contributed by atoms with van der Waals surface area (Å²) < 4.78 is 12.7. The van der Waals surface area contributed by atoms with E-state index in [1.165, 1.54) is 4.90 Å². The van der Waals surface area contributed by atoms with Crippen LogP contribution in [0.15, 0.2) is 62.7 Å². The van der Waals surface area contributed by atoms with Crippen molar-refractivity contribution in [1.82, 2.24) is 4.98 Å². The van der Waals surface area contributed by atoms with Crippen LogP contribution in [0, 0.1) is 6.92 Å². The van der Waals surface area contributed by atoms with Gasteiger partial charge < -0.3 is 14.9 Å². The summed E-state index contributed by atoms with van der Waals surface area (Å²) >= 11 is 3.13. The van der Waals surface area contributed by atoms with Gasteiger partial charge in [0.05, 0.1) is 12.2 Å². The molecule has 2 N–H and O–H groups in total. The molecule has 162 valence electrons. The van der Waals surface area contributed by atoms with Gasteiger partial charge in [0.15, 0.2) is 11.9 Å². The second kappa shape index (κ2) is 8.33. The van der Waals surface area contributed by atoms with E-state index in [4.69, 9.17) is 14.9 Å². The number of thiazole rings is 1. The number of hydrogen-bond donors (Lipinski definition) is 1. The van der Waals surface area contributed by atoms with Crippen molar-refractivity contribution in [3.05, 3.63) is 70.9 Å². The molecule has 0 unspecified atom stereocenters. The maximum atomic E-state index is 13.7. The van der Waals surface area contributed by atoms with Crippen LogP contribution < -0.4 is 15.4 Å². The molecule has 5 rings (SSSR count). The molecule has 0 aliphatic carbocycles. The van der Waals surface area contributed by atoms with E-state index in [0.29, 0.717) is 22.8 Å². The highest BCUT2D eigenvalue weighted by Gasteiger charge is 2.35. The number of carbonyl (C=O) groups is 2. The van der Waals surface area contributed by atoms with E-state index in [1.807, 2.05) is 42.6 Å². The standard InChI is InChI=1S/C23H19N3O4S2/c1-13-11-31-23(25-13)32-12-15-14-6-2-4-8-17(14)30-20(15)22(28)26-10-19(21(24)27)29-18-9-5-3-7-16(18)26/h2-9,11,19H,10,12H2,1H3,(H2,24,27)/t19-/m0/s1. The predicted molar refractivity (Wildman–Crippen MR) is 124 cm³/mol. The maximum absolute atomic E-state index is 13.7. The van der Waals surface area contributed by atoms with Gasteiger partial charge in [-0.1, -0.05) is 42.1 Å². The molecule has 7 nitrogen and oxygen atoms in total. The average Bonchev–Trinajstić information content (AvgIpc) is 3.39. The molecule has 9 heteroatoms. The molecule has 32 heavy (non-hydrogen) atoms. The molecule has 1 aliphatic rings. The SMILES string of the molecule is Cc1csc(SCc2c(C(=O)N3C[C@@H](C(N)=O)Oc4ccccc43)oc3ccccc23)n1. The number of nitrogens with two attached hydrogens (primary N) is 1. The molecule has 2 aromatic carbocycles. The lowest BCUT2D eigenvalue weighted by Crippen LogP contribution is -2.49. The monoisotopic (exact) mass is 465 g/mol. The van der Waals surface area contributed by atoms with Crippen molar-refractivity contribution >= 4 is 51.6 Å². The number of thioether (sulfide) groups is 1. The molecule has 4 aromatic rings. The number of benzene rings is 2. The molecular formula is C23H19N3O4S2. The van der Waals surface area contributed by atoms with Gasteiger partial charge in [0.25, 0.3) is 11.8 Å². The van der Waals surface area contributed by atoms with Crippen LogP contribution in [0.1, 0.15) is 21.8 Å². The van der Waals surface area contributed by atoms with Gasteiger partial charge in [-0.15, -0.1) is 11.3 Å². The highest BCUT2D eigenvalue weighted by atomic mass is 32.2. The number of anilines is 1.